The van der Waals surface area contributed by atoms with Gasteiger partial charge in [-0.3, -0.25) is 14.9 Å². The Bertz CT molecular complexity index is 469. The van der Waals surface area contributed by atoms with Crippen LogP contribution in [0, 0.1) is 17.0 Å². The van der Waals surface area contributed by atoms with E-state index < -0.39 is 10.9 Å². The molecule has 0 unspecified atom stereocenters. The van der Waals surface area contributed by atoms with Gasteiger partial charge in [0.2, 0.25) is 5.82 Å². The maximum atomic E-state index is 11.0. The number of hydrogen-bond donors (Lipinski definition) is 1. The minimum absolute atomic E-state index is 0.0651. The highest BCUT2D eigenvalue weighted by atomic mass is 16.6. The molecule has 18 heavy (non-hydrogen) atoms. The number of carboxylic acids is 1. The van der Waals surface area contributed by atoms with E-state index in [0.29, 0.717) is 18.1 Å². The van der Waals surface area contributed by atoms with Crippen molar-refractivity contribution in [3.05, 3.63) is 15.8 Å². The topological polar surface area (TPSA) is 102 Å². The number of nitro groups is 1. The number of aliphatic carboxylic acids is 1. The van der Waals surface area contributed by atoms with E-state index in [1.54, 1.807) is 18.9 Å². The van der Waals surface area contributed by atoms with Crippen LogP contribution in [-0.4, -0.2) is 38.9 Å². The molecular weight excluding hydrogens is 240 g/mol. The number of carboxylic acid groups (broad SMARTS) is 1. The van der Waals surface area contributed by atoms with E-state index in [1.165, 1.54) is 4.68 Å². The zero-order valence-corrected chi connectivity index (χ0v) is 10.6. The van der Waals surface area contributed by atoms with Crippen molar-refractivity contribution in [3.8, 4) is 0 Å². The third-order valence-corrected chi connectivity index (χ3v) is 2.62. The van der Waals surface area contributed by atoms with E-state index in [-0.39, 0.29) is 18.7 Å². The fourth-order valence-corrected chi connectivity index (χ4v) is 1.85. The number of hydrogen-bond acceptors (Lipinski definition) is 5. The summed E-state index contributed by atoms with van der Waals surface area (Å²) >= 11 is 0. The Kier molecular flexibility index (Phi) is 4.24. The SMILES string of the molecule is CCN(CCC(=O)O)c1c([N+](=O)[O-])c(C)nn1C. The van der Waals surface area contributed by atoms with E-state index in [9.17, 15) is 14.9 Å². The van der Waals surface area contributed by atoms with Crippen LogP contribution in [0.2, 0.25) is 0 Å². The highest BCUT2D eigenvalue weighted by molar-refractivity contribution is 5.68. The van der Waals surface area contributed by atoms with Crippen LogP contribution >= 0.6 is 0 Å². The summed E-state index contributed by atoms with van der Waals surface area (Å²) < 4.78 is 1.42. The fraction of sp³-hybridized carbons (Fsp3) is 0.600. The maximum Gasteiger partial charge on any atom is 0.333 e. The molecule has 0 saturated heterocycles. The average molecular weight is 256 g/mol. The van der Waals surface area contributed by atoms with Gasteiger partial charge in [0.1, 0.15) is 5.69 Å². The molecule has 0 radical (unpaired) electrons. The Morgan fingerprint density at radius 2 is 2.22 bits per heavy atom. The third-order valence-electron chi connectivity index (χ3n) is 2.62. The Morgan fingerprint density at radius 1 is 1.61 bits per heavy atom. The quantitative estimate of drug-likeness (QED) is 0.600. The lowest BCUT2D eigenvalue weighted by atomic mass is 10.3. The molecule has 1 aromatic rings. The third kappa shape index (κ3) is 2.76. The summed E-state index contributed by atoms with van der Waals surface area (Å²) in [6.07, 6.45) is -0.0742. The van der Waals surface area contributed by atoms with E-state index in [1.807, 2.05) is 6.92 Å². The summed E-state index contributed by atoms with van der Waals surface area (Å²) in [5.74, 6) is -0.587. The van der Waals surface area contributed by atoms with Gasteiger partial charge in [0, 0.05) is 20.1 Å². The van der Waals surface area contributed by atoms with Crippen molar-refractivity contribution in [2.45, 2.75) is 20.3 Å². The van der Waals surface area contributed by atoms with Gasteiger partial charge >= 0.3 is 11.7 Å². The molecule has 1 heterocycles. The molecule has 0 aliphatic rings. The van der Waals surface area contributed by atoms with Gasteiger partial charge in [0.25, 0.3) is 0 Å². The number of rotatable bonds is 6. The molecule has 1 rings (SSSR count). The van der Waals surface area contributed by atoms with E-state index in [0.717, 1.165) is 0 Å². The van der Waals surface area contributed by atoms with Crippen molar-refractivity contribution >= 4 is 17.5 Å². The van der Waals surface area contributed by atoms with E-state index in [2.05, 4.69) is 5.10 Å². The molecule has 0 aliphatic carbocycles. The van der Waals surface area contributed by atoms with Gasteiger partial charge in [0.05, 0.1) is 11.3 Å². The van der Waals surface area contributed by atoms with Crippen molar-refractivity contribution in [2.24, 2.45) is 7.05 Å². The maximum absolute atomic E-state index is 11.0. The lowest BCUT2D eigenvalue weighted by Gasteiger charge is -2.20. The van der Waals surface area contributed by atoms with Gasteiger partial charge in [-0.15, -0.1) is 0 Å². The van der Waals surface area contributed by atoms with Crippen LogP contribution in [0.1, 0.15) is 19.0 Å². The smallest absolute Gasteiger partial charge is 0.333 e. The minimum atomic E-state index is -0.935. The monoisotopic (exact) mass is 256 g/mol. The zero-order valence-electron chi connectivity index (χ0n) is 10.6. The van der Waals surface area contributed by atoms with Crippen LogP contribution in [-0.2, 0) is 11.8 Å². The summed E-state index contributed by atoms with van der Waals surface area (Å²) in [5, 5.41) is 23.7. The van der Waals surface area contributed by atoms with Gasteiger partial charge in [-0.05, 0) is 13.8 Å². The normalized spacial score (nSPS) is 10.4. The van der Waals surface area contributed by atoms with Gasteiger partial charge < -0.3 is 10.0 Å². The number of carbonyl (C=O) groups is 1. The van der Waals surface area contributed by atoms with Crippen LogP contribution in [0.15, 0.2) is 0 Å². The first kappa shape index (κ1) is 13.9. The van der Waals surface area contributed by atoms with Gasteiger partial charge in [-0.25, -0.2) is 4.68 Å². The Balaban J connectivity index is 3.12. The highest BCUT2D eigenvalue weighted by Gasteiger charge is 2.27. The summed E-state index contributed by atoms with van der Waals surface area (Å²) in [6.45, 7) is 4.07. The molecule has 0 amide bonds. The van der Waals surface area contributed by atoms with Crippen LogP contribution in [0.4, 0.5) is 11.5 Å². The van der Waals surface area contributed by atoms with Crippen molar-refractivity contribution < 1.29 is 14.8 Å². The Morgan fingerprint density at radius 3 is 2.67 bits per heavy atom. The first-order chi connectivity index (χ1) is 8.38. The summed E-state index contributed by atoms with van der Waals surface area (Å²) in [5.41, 5.74) is 0.260. The molecule has 0 aromatic carbocycles. The molecule has 100 valence electrons. The predicted molar refractivity (Wildman–Crippen MR) is 64.7 cm³/mol. The number of aromatic nitrogens is 2. The van der Waals surface area contributed by atoms with E-state index >= 15 is 0 Å². The lowest BCUT2D eigenvalue weighted by molar-refractivity contribution is -0.384. The number of aryl methyl sites for hydroxylation is 2. The molecule has 0 bridgehead atoms. The molecule has 0 spiro atoms. The lowest BCUT2D eigenvalue weighted by Crippen LogP contribution is -2.28. The molecule has 1 aromatic heterocycles. The summed E-state index contributed by atoms with van der Waals surface area (Å²) in [6, 6.07) is 0. The van der Waals surface area contributed by atoms with Crippen LogP contribution in [0.25, 0.3) is 0 Å². The molecular formula is C10H16N4O4. The molecule has 0 saturated carbocycles. The van der Waals surface area contributed by atoms with Gasteiger partial charge in [-0.1, -0.05) is 0 Å². The van der Waals surface area contributed by atoms with E-state index in [4.69, 9.17) is 5.11 Å². The van der Waals surface area contributed by atoms with Crippen molar-refractivity contribution in [1.29, 1.82) is 0 Å². The largest absolute Gasteiger partial charge is 0.481 e. The highest BCUT2D eigenvalue weighted by Crippen LogP contribution is 2.30. The molecule has 0 aliphatic heterocycles. The first-order valence-corrected chi connectivity index (χ1v) is 5.53. The number of anilines is 1. The van der Waals surface area contributed by atoms with Crippen molar-refractivity contribution in [3.63, 3.8) is 0 Å². The molecule has 0 atom stereocenters. The zero-order chi connectivity index (χ0) is 13.9. The second-order valence-corrected chi connectivity index (χ2v) is 3.86. The van der Waals surface area contributed by atoms with Crippen LogP contribution in [0.5, 0.6) is 0 Å². The van der Waals surface area contributed by atoms with Crippen molar-refractivity contribution in [1.82, 2.24) is 9.78 Å². The molecule has 8 nitrogen and oxygen atoms in total. The van der Waals surface area contributed by atoms with Gasteiger partial charge in [-0.2, -0.15) is 5.10 Å². The number of nitrogens with zero attached hydrogens (tertiary/aromatic N) is 4. The predicted octanol–water partition coefficient (Wildman–Crippen LogP) is 0.938. The minimum Gasteiger partial charge on any atom is -0.481 e. The van der Waals surface area contributed by atoms with Crippen molar-refractivity contribution in [2.75, 3.05) is 18.0 Å². The molecule has 8 heteroatoms. The Labute approximate surface area is 104 Å². The molecule has 0 fully saturated rings. The Hall–Kier alpha value is -2.12. The molecule has 1 N–H and O–H groups in total. The van der Waals surface area contributed by atoms with Crippen LogP contribution in [0.3, 0.4) is 0 Å². The first-order valence-electron chi connectivity index (χ1n) is 5.53. The second kappa shape index (κ2) is 5.48. The standard InChI is InChI=1S/C10H16N4O4/c1-4-13(6-5-8(15)16)10-9(14(17)18)7(2)11-12(10)3/h4-6H2,1-3H3,(H,15,16). The van der Waals surface area contributed by atoms with Crippen LogP contribution < -0.4 is 4.90 Å². The summed E-state index contributed by atoms with van der Waals surface area (Å²) in [7, 11) is 1.61. The van der Waals surface area contributed by atoms with Gasteiger partial charge in [0.15, 0.2) is 0 Å². The second-order valence-electron chi connectivity index (χ2n) is 3.86. The average Bonchev–Trinajstić information content (AvgIpc) is 2.55. The summed E-state index contributed by atoms with van der Waals surface area (Å²) in [4.78, 5) is 22.8. The fourth-order valence-electron chi connectivity index (χ4n) is 1.85.